The van der Waals surface area contributed by atoms with Crippen molar-refractivity contribution in [2.75, 3.05) is 18.1 Å². The van der Waals surface area contributed by atoms with Gasteiger partial charge >= 0.3 is 0 Å². The van der Waals surface area contributed by atoms with Crippen LogP contribution in [0.3, 0.4) is 0 Å². The molecule has 1 unspecified atom stereocenters. The Kier molecular flexibility index (Phi) is 4.55. The molecule has 1 aromatic heterocycles. The number of aliphatic hydroxyl groups is 1. The first-order valence-electron chi connectivity index (χ1n) is 6.81. The maximum Gasteiger partial charge on any atom is 0.129 e. The predicted molar refractivity (Wildman–Crippen MR) is 73.5 cm³/mol. The zero-order valence-electron chi connectivity index (χ0n) is 11.0. The lowest BCUT2D eigenvalue weighted by Gasteiger charge is -2.29. The SMILES string of the molecule is CC(N)c1ccnc(N(CCO)C2CCCC2)c1. The van der Waals surface area contributed by atoms with E-state index in [2.05, 4.69) is 16.0 Å². The first-order chi connectivity index (χ1) is 8.72. The number of hydrogen-bond acceptors (Lipinski definition) is 4. The number of rotatable bonds is 5. The number of aliphatic hydroxyl groups excluding tert-OH is 1. The van der Waals surface area contributed by atoms with E-state index in [0.29, 0.717) is 12.6 Å². The molecular weight excluding hydrogens is 226 g/mol. The Morgan fingerprint density at radius 2 is 2.22 bits per heavy atom. The summed E-state index contributed by atoms with van der Waals surface area (Å²) in [4.78, 5) is 6.68. The summed E-state index contributed by atoms with van der Waals surface area (Å²) < 4.78 is 0. The Morgan fingerprint density at radius 1 is 1.50 bits per heavy atom. The van der Waals surface area contributed by atoms with Crippen LogP contribution in [0.5, 0.6) is 0 Å². The van der Waals surface area contributed by atoms with Crippen molar-refractivity contribution < 1.29 is 5.11 Å². The molecule has 1 aromatic rings. The van der Waals surface area contributed by atoms with Crippen molar-refractivity contribution in [3.63, 3.8) is 0 Å². The van der Waals surface area contributed by atoms with Crippen LogP contribution in [0.1, 0.15) is 44.2 Å². The Bertz CT molecular complexity index is 375. The summed E-state index contributed by atoms with van der Waals surface area (Å²) in [6.07, 6.45) is 6.76. The Morgan fingerprint density at radius 3 is 2.83 bits per heavy atom. The van der Waals surface area contributed by atoms with Crippen molar-refractivity contribution in [3.8, 4) is 0 Å². The molecule has 4 nitrogen and oxygen atoms in total. The standard InChI is InChI=1S/C14H23N3O/c1-11(15)12-6-7-16-14(10-12)17(8-9-18)13-4-2-3-5-13/h6-7,10-11,13,18H,2-5,8-9,15H2,1H3. The van der Waals surface area contributed by atoms with E-state index in [-0.39, 0.29) is 12.6 Å². The summed E-state index contributed by atoms with van der Waals surface area (Å²) in [5.74, 6) is 0.950. The van der Waals surface area contributed by atoms with Crippen LogP contribution in [-0.2, 0) is 0 Å². The van der Waals surface area contributed by atoms with Gasteiger partial charge in [0.15, 0.2) is 0 Å². The van der Waals surface area contributed by atoms with Crippen LogP contribution in [0.2, 0.25) is 0 Å². The summed E-state index contributed by atoms with van der Waals surface area (Å²) in [7, 11) is 0. The average Bonchev–Trinajstić information content (AvgIpc) is 2.89. The minimum absolute atomic E-state index is 0.0197. The second-order valence-electron chi connectivity index (χ2n) is 5.09. The fraction of sp³-hybridized carbons (Fsp3) is 0.643. The molecular formula is C14H23N3O. The van der Waals surface area contributed by atoms with Gasteiger partial charge in [-0.15, -0.1) is 0 Å². The maximum absolute atomic E-state index is 9.24. The van der Waals surface area contributed by atoms with Gasteiger partial charge in [-0.3, -0.25) is 0 Å². The highest BCUT2D eigenvalue weighted by Gasteiger charge is 2.23. The van der Waals surface area contributed by atoms with Crippen LogP contribution < -0.4 is 10.6 Å². The summed E-state index contributed by atoms with van der Waals surface area (Å²) in [6, 6.07) is 4.55. The number of nitrogens with zero attached hydrogens (tertiary/aromatic N) is 2. The van der Waals surface area contributed by atoms with Gasteiger partial charge in [0.1, 0.15) is 5.82 Å². The monoisotopic (exact) mass is 249 g/mol. The first kappa shape index (κ1) is 13.3. The number of anilines is 1. The largest absolute Gasteiger partial charge is 0.395 e. The van der Waals surface area contributed by atoms with Crippen molar-refractivity contribution in [3.05, 3.63) is 23.9 Å². The zero-order valence-corrected chi connectivity index (χ0v) is 11.0. The van der Waals surface area contributed by atoms with Crippen molar-refractivity contribution >= 4 is 5.82 Å². The Hall–Kier alpha value is -1.13. The van der Waals surface area contributed by atoms with E-state index in [9.17, 15) is 5.11 Å². The van der Waals surface area contributed by atoms with E-state index in [1.165, 1.54) is 25.7 Å². The van der Waals surface area contributed by atoms with Gasteiger partial charge in [-0.2, -0.15) is 0 Å². The molecule has 0 aromatic carbocycles. The second kappa shape index (κ2) is 6.16. The highest BCUT2D eigenvalue weighted by Crippen LogP contribution is 2.27. The van der Waals surface area contributed by atoms with Gasteiger partial charge in [-0.1, -0.05) is 12.8 Å². The molecule has 1 saturated carbocycles. The van der Waals surface area contributed by atoms with Crippen LogP contribution in [0.4, 0.5) is 5.82 Å². The molecule has 18 heavy (non-hydrogen) atoms. The van der Waals surface area contributed by atoms with Crippen LogP contribution in [-0.4, -0.2) is 29.3 Å². The van der Waals surface area contributed by atoms with Gasteiger partial charge in [-0.05, 0) is 37.5 Å². The van der Waals surface area contributed by atoms with Crippen molar-refractivity contribution in [2.45, 2.75) is 44.7 Å². The molecule has 0 saturated heterocycles. The predicted octanol–water partition coefficient (Wildman–Crippen LogP) is 1.84. The van der Waals surface area contributed by atoms with Crippen molar-refractivity contribution in [1.82, 2.24) is 4.98 Å². The van der Waals surface area contributed by atoms with Crippen molar-refractivity contribution in [1.29, 1.82) is 0 Å². The lowest BCUT2D eigenvalue weighted by Crippen LogP contribution is -2.36. The first-order valence-corrected chi connectivity index (χ1v) is 6.81. The van der Waals surface area contributed by atoms with Crippen LogP contribution in [0.15, 0.2) is 18.3 Å². The number of pyridine rings is 1. The zero-order chi connectivity index (χ0) is 13.0. The van der Waals surface area contributed by atoms with E-state index >= 15 is 0 Å². The normalized spacial score (nSPS) is 17.9. The molecule has 1 aliphatic rings. The molecule has 0 amide bonds. The molecule has 0 bridgehead atoms. The van der Waals surface area contributed by atoms with Gasteiger partial charge < -0.3 is 15.7 Å². The van der Waals surface area contributed by atoms with E-state index in [1.807, 2.05) is 19.2 Å². The Labute approximate surface area is 109 Å². The molecule has 1 atom stereocenters. The van der Waals surface area contributed by atoms with Gasteiger partial charge in [0.25, 0.3) is 0 Å². The lowest BCUT2D eigenvalue weighted by molar-refractivity contribution is 0.297. The molecule has 4 heteroatoms. The lowest BCUT2D eigenvalue weighted by atomic mass is 10.1. The van der Waals surface area contributed by atoms with Gasteiger partial charge in [0.05, 0.1) is 6.61 Å². The van der Waals surface area contributed by atoms with E-state index in [4.69, 9.17) is 5.73 Å². The third-order valence-corrected chi connectivity index (χ3v) is 3.70. The average molecular weight is 249 g/mol. The topological polar surface area (TPSA) is 62.4 Å². The highest BCUT2D eigenvalue weighted by atomic mass is 16.3. The van der Waals surface area contributed by atoms with Gasteiger partial charge in [-0.25, -0.2) is 4.98 Å². The quantitative estimate of drug-likeness (QED) is 0.836. The number of aromatic nitrogens is 1. The Balaban J connectivity index is 2.21. The third kappa shape index (κ3) is 3.00. The summed E-state index contributed by atoms with van der Waals surface area (Å²) in [5, 5.41) is 9.24. The molecule has 3 N–H and O–H groups in total. The molecule has 1 fully saturated rings. The fourth-order valence-corrected chi connectivity index (χ4v) is 2.68. The minimum Gasteiger partial charge on any atom is -0.395 e. The van der Waals surface area contributed by atoms with Gasteiger partial charge in [0.2, 0.25) is 0 Å². The van der Waals surface area contributed by atoms with E-state index in [0.717, 1.165) is 11.4 Å². The number of hydrogen-bond donors (Lipinski definition) is 2. The van der Waals surface area contributed by atoms with Crippen LogP contribution >= 0.6 is 0 Å². The molecule has 0 aliphatic heterocycles. The molecule has 100 valence electrons. The molecule has 0 spiro atoms. The minimum atomic E-state index is 0.0197. The molecule has 1 heterocycles. The summed E-state index contributed by atoms with van der Waals surface area (Å²) >= 11 is 0. The van der Waals surface area contributed by atoms with E-state index < -0.39 is 0 Å². The third-order valence-electron chi connectivity index (χ3n) is 3.70. The van der Waals surface area contributed by atoms with E-state index in [1.54, 1.807) is 0 Å². The van der Waals surface area contributed by atoms with Gasteiger partial charge in [0, 0.05) is 24.8 Å². The second-order valence-corrected chi connectivity index (χ2v) is 5.09. The smallest absolute Gasteiger partial charge is 0.129 e. The fourth-order valence-electron chi connectivity index (χ4n) is 2.68. The highest BCUT2D eigenvalue weighted by molar-refractivity contribution is 5.43. The molecule has 1 aliphatic carbocycles. The van der Waals surface area contributed by atoms with Crippen LogP contribution in [0, 0.1) is 0 Å². The summed E-state index contributed by atoms with van der Waals surface area (Å²) in [5.41, 5.74) is 7.01. The maximum atomic E-state index is 9.24. The number of nitrogens with two attached hydrogens (primary N) is 1. The molecule has 2 rings (SSSR count). The summed E-state index contributed by atoms with van der Waals surface area (Å²) in [6.45, 7) is 2.80. The molecule has 0 radical (unpaired) electrons. The van der Waals surface area contributed by atoms with Crippen LogP contribution in [0.25, 0.3) is 0 Å². The van der Waals surface area contributed by atoms with Crippen molar-refractivity contribution in [2.24, 2.45) is 5.73 Å².